The Morgan fingerprint density at radius 2 is 1.57 bits per heavy atom. The van der Waals surface area contributed by atoms with Gasteiger partial charge in [-0.25, -0.2) is 4.39 Å². The summed E-state index contributed by atoms with van der Waals surface area (Å²) >= 11 is 12.7. The number of hydrogen-bond donors (Lipinski definition) is 1. The van der Waals surface area contributed by atoms with Crippen molar-refractivity contribution in [3.05, 3.63) is 62.9 Å². The third-order valence-corrected chi connectivity index (χ3v) is 9.53. The summed E-state index contributed by atoms with van der Waals surface area (Å²) in [6, 6.07) is 6.54. The number of amides is 5. The zero-order valence-electron chi connectivity index (χ0n) is 22.8. The van der Waals surface area contributed by atoms with Crippen molar-refractivity contribution in [3.8, 4) is 0 Å². The van der Waals surface area contributed by atoms with E-state index in [4.69, 9.17) is 23.2 Å². The zero-order chi connectivity index (χ0) is 29.8. The first kappa shape index (κ1) is 28.6. The normalized spacial score (nSPS) is 22.4. The minimum atomic E-state index is -1.13. The standard InChI is InChI=1S/C30H29Cl2FN4O5/c31-17-4-5-20(21(32)14-17)30(8-2-1-3-9-30)29(42)36-12-10-35(11-13-36)24-16-19-18(15-22(24)33)27(40)37(28(19)41)23-6-7-25(38)34-26(23)39/h4-5,14-16,23H,1-3,6-13H2,(H,34,38,39). The number of carbonyl (C=O) groups is 5. The summed E-state index contributed by atoms with van der Waals surface area (Å²) in [5.74, 6) is -3.32. The number of anilines is 1. The number of nitrogens with one attached hydrogen (secondary N) is 1. The van der Waals surface area contributed by atoms with Crippen LogP contribution < -0.4 is 10.2 Å². The van der Waals surface area contributed by atoms with Crippen molar-refractivity contribution in [2.75, 3.05) is 31.1 Å². The minimum absolute atomic E-state index is 0.00107. The Morgan fingerprint density at radius 1 is 0.905 bits per heavy atom. The molecule has 0 radical (unpaired) electrons. The van der Waals surface area contributed by atoms with Gasteiger partial charge in [-0.3, -0.25) is 34.2 Å². The quantitative estimate of drug-likeness (QED) is 0.520. The van der Waals surface area contributed by atoms with E-state index in [0.29, 0.717) is 49.1 Å². The molecule has 4 aliphatic rings. The smallest absolute Gasteiger partial charge is 0.262 e. The fraction of sp³-hybridized carbons (Fsp3) is 0.433. The number of hydrogen-bond acceptors (Lipinski definition) is 6. The predicted molar refractivity (Wildman–Crippen MR) is 153 cm³/mol. The van der Waals surface area contributed by atoms with Crippen molar-refractivity contribution in [2.24, 2.45) is 0 Å². The van der Waals surface area contributed by atoms with Gasteiger partial charge in [0, 0.05) is 42.6 Å². The Kier molecular flexibility index (Phi) is 7.47. The fourth-order valence-electron chi connectivity index (χ4n) is 6.81. The monoisotopic (exact) mass is 614 g/mol. The maximum Gasteiger partial charge on any atom is 0.262 e. The molecular formula is C30H29Cl2FN4O5. The summed E-state index contributed by atoms with van der Waals surface area (Å²) in [4.78, 5) is 68.6. The average molecular weight is 615 g/mol. The Balaban J connectivity index is 1.20. The minimum Gasteiger partial charge on any atom is -0.366 e. The second kappa shape index (κ2) is 11.0. The zero-order valence-corrected chi connectivity index (χ0v) is 24.3. The van der Waals surface area contributed by atoms with Gasteiger partial charge < -0.3 is 9.80 Å². The van der Waals surface area contributed by atoms with Gasteiger partial charge in [0.1, 0.15) is 11.9 Å². The van der Waals surface area contributed by atoms with E-state index in [0.717, 1.165) is 35.8 Å². The first-order valence-electron chi connectivity index (χ1n) is 14.2. The molecule has 0 aromatic heterocycles. The van der Waals surface area contributed by atoms with Crippen LogP contribution in [0, 0.1) is 5.82 Å². The van der Waals surface area contributed by atoms with Gasteiger partial charge in [0.2, 0.25) is 17.7 Å². The highest BCUT2D eigenvalue weighted by molar-refractivity contribution is 6.35. The van der Waals surface area contributed by atoms with Gasteiger partial charge in [-0.15, -0.1) is 0 Å². The number of imide groups is 2. The van der Waals surface area contributed by atoms with E-state index in [9.17, 15) is 24.0 Å². The van der Waals surface area contributed by atoms with Crippen LogP contribution in [0.3, 0.4) is 0 Å². The van der Waals surface area contributed by atoms with Crippen LogP contribution in [-0.4, -0.2) is 71.6 Å². The average Bonchev–Trinajstić information content (AvgIpc) is 3.21. The third kappa shape index (κ3) is 4.74. The van der Waals surface area contributed by atoms with Gasteiger partial charge in [0.25, 0.3) is 11.8 Å². The van der Waals surface area contributed by atoms with Crippen molar-refractivity contribution in [1.82, 2.24) is 15.1 Å². The molecule has 2 aromatic rings. The molecular weight excluding hydrogens is 586 g/mol. The molecule has 1 aliphatic carbocycles. The van der Waals surface area contributed by atoms with E-state index in [2.05, 4.69) is 5.32 Å². The number of benzene rings is 2. The Hall–Kier alpha value is -3.50. The lowest BCUT2D eigenvalue weighted by atomic mass is 9.68. The fourth-order valence-corrected chi connectivity index (χ4v) is 7.40. The van der Waals surface area contributed by atoms with Gasteiger partial charge in [0.15, 0.2) is 0 Å². The summed E-state index contributed by atoms with van der Waals surface area (Å²) in [5, 5.41) is 3.13. The summed E-state index contributed by atoms with van der Waals surface area (Å²) < 4.78 is 15.4. The number of piperidine rings is 1. The van der Waals surface area contributed by atoms with E-state index < -0.39 is 40.9 Å². The largest absolute Gasteiger partial charge is 0.366 e. The van der Waals surface area contributed by atoms with Crippen LogP contribution in [0.1, 0.15) is 71.2 Å². The molecule has 1 unspecified atom stereocenters. The number of piperazine rings is 1. The summed E-state index contributed by atoms with van der Waals surface area (Å²) in [6.07, 6.45) is 4.26. The molecule has 2 aromatic carbocycles. The molecule has 5 amide bonds. The van der Waals surface area contributed by atoms with Gasteiger partial charge in [-0.2, -0.15) is 0 Å². The molecule has 0 bridgehead atoms. The molecule has 42 heavy (non-hydrogen) atoms. The van der Waals surface area contributed by atoms with Crippen molar-refractivity contribution in [1.29, 1.82) is 0 Å². The van der Waals surface area contributed by atoms with Gasteiger partial charge in [-0.1, -0.05) is 48.5 Å². The SMILES string of the molecule is O=C1CCC(N2C(=O)c3cc(F)c(N4CCN(C(=O)C5(c6ccc(Cl)cc6Cl)CCCCC5)CC4)cc3C2=O)C(=O)N1. The lowest BCUT2D eigenvalue weighted by Crippen LogP contribution is -2.55. The van der Waals surface area contributed by atoms with Crippen LogP contribution in [0.2, 0.25) is 10.0 Å². The van der Waals surface area contributed by atoms with Gasteiger partial charge in [0.05, 0.1) is 22.2 Å². The maximum absolute atomic E-state index is 15.4. The number of fused-ring (bicyclic) bond motifs is 1. The number of rotatable bonds is 4. The van der Waals surface area contributed by atoms with Crippen molar-refractivity contribution < 1.29 is 28.4 Å². The molecule has 9 nitrogen and oxygen atoms in total. The summed E-state index contributed by atoms with van der Waals surface area (Å²) in [6.45, 7) is 1.34. The number of halogens is 3. The van der Waals surface area contributed by atoms with Crippen LogP contribution in [0.15, 0.2) is 30.3 Å². The molecule has 1 N–H and O–H groups in total. The van der Waals surface area contributed by atoms with Gasteiger partial charge in [-0.05, 0) is 49.1 Å². The molecule has 12 heteroatoms. The maximum atomic E-state index is 15.4. The van der Waals surface area contributed by atoms with Crippen LogP contribution in [-0.2, 0) is 19.8 Å². The molecule has 3 aliphatic heterocycles. The summed E-state index contributed by atoms with van der Waals surface area (Å²) in [5.41, 5.74) is 0.0963. The second-order valence-electron chi connectivity index (χ2n) is 11.3. The number of nitrogens with zero attached hydrogens (tertiary/aromatic N) is 3. The first-order chi connectivity index (χ1) is 20.1. The van der Waals surface area contributed by atoms with Crippen LogP contribution in [0.4, 0.5) is 10.1 Å². The predicted octanol–water partition coefficient (Wildman–Crippen LogP) is 4.08. The van der Waals surface area contributed by atoms with Crippen molar-refractivity contribution in [2.45, 2.75) is 56.4 Å². The van der Waals surface area contributed by atoms with Crippen LogP contribution >= 0.6 is 23.2 Å². The molecule has 1 saturated carbocycles. The number of carbonyl (C=O) groups excluding carboxylic acids is 5. The molecule has 220 valence electrons. The first-order valence-corrected chi connectivity index (χ1v) is 14.9. The Morgan fingerprint density at radius 3 is 2.21 bits per heavy atom. The van der Waals surface area contributed by atoms with Gasteiger partial charge >= 0.3 is 0 Å². The molecule has 6 rings (SSSR count). The van der Waals surface area contributed by atoms with Crippen LogP contribution in [0.25, 0.3) is 0 Å². The van der Waals surface area contributed by atoms with Crippen molar-refractivity contribution >= 4 is 58.4 Å². The molecule has 3 fully saturated rings. The highest BCUT2D eigenvalue weighted by Crippen LogP contribution is 2.44. The lowest BCUT2D eigenvalue weighted by molar-refractivity contribution is -0.139. The van der Waals surface area contributed by atoms with E-state index in [-0.39, 0.29) is 35.6 Å². The second-order valence-corrected chi connectivity index (χ2v) is 12.2. The summed E-state index contributed by atoms with van der Waals surface area (Å²) in [7, 11) is 0. The topological polar surface area (TPSA) is 107 Å². The Bertz CT molecular complexity index is 1520. The van der Waals surface area contributed by atoms with E-state index in [1.165, 1.54) is 6.07 Å². The molecule has 1 atom stereocenters. The highest BCUT2D eigenvalue weighted by atomic mass is 35.5. The van der Waals surface area contributed by atoms with E-state index in [1.54, 1.807) is 21.9 Å². The molecule has 3 heterocycles. The van der Waals surface area contributed by atoms with E-state index >= 15 is 4.39 Å². The Labute approximate surface area is 251 Å². The van der Waals surface area contributed by atoms with Crippen molar-refractivity contribution in [3.63, 3.8) is 0 Å². The van der Waals surface area contributed by atoms with Crippen LogP contribution in [0.5, 0.6) is 0 Å². The highest BCUT2D eigenvalue weighted by Gasteiger charge is 2.47. The third-order valence-electron chi connectivity index (χ3n) is 8.98. The molecule has 2 saturated heterocycles. The van der Waals surface area contributed by atoms with E-state index in [1.807, 2.05) is 6.07 Å². The lowest BCUT2D eigenvalue weighted by Gasteiger charge is -2.44. The molecule has 0 spiro atoms.